The third-order valence-electron chi connectivity index (χ3n) is 2.45. The predicted molar refractivity (Wildman–Crippen MR) is 73.5 cm³/mol. The Morgan fingerprint density at radius 3 is 2.67 bits per heavy atom. The largest absolute Gasteiger partial charge is 0.481 e. The Kier molecular flexibility index (Phi) is 5.34. The molecular weight excluding hydrogens is 298 g/mol. The fraction of sp³-hybridized carbons (Fsp3) is 0.385. The number of halogens is 1. The fourth-order valence-electron chi connectivity index (χ4n) is 1.62. The number of amides is 1. The van der Waals surface area contributed by atoms with Crippen molar-refractivity contribution in [2.24, 2.45) is 5.92 Å². The molecule has 0 aliphatic carbocycles. The Bertz CT molecular complexity index is 460. The van der Waals surface area contributed by atoms with Gasteiger partial charge in [0.05, 0.1) is 5.69 Å². The number of hydrogen-bond acceptors (Lipinski definition) is 2. The molecule has 1 aromatic carbocycles. The molecule has 98 valence electrons. The molecule has 0 saturated heterocycles. The van der Waals surface area contributed by atoms with E-state index in [0.29, 0.717) is 5.69 Å². The monoisotopic (exact) mass is 313 g/mol. The molecular formula is C13H16BrNO3. The first-order chi connectivity index (χ1) is 8.38. The summed E-state index contributed by atoms with van der Waals surface area (Å²) in [6.45, 7) is 3.69. The first kappa shape index (κ1) is 14.7. The number of anilines is 1. The van der Waals surface area contributed by atoms with Gasteiger partial charge in [-0.25, -0.2) is 0 Å². The van der Waals surface area contributed by atoms with Gasteiger partial charge in [-0.05, 0) is 46.5 Å². The van der Waals surface area contributed by atoms with Crippen LogP contribution in [0.5, 0.6) is 0 Å². The summed E-state index contributed by atoms with van der Waals surface area (Å²) in [6, 6.07) is 5.67. The summed E-state index contributed by atoms with van der Waals surface area (Å²) in [5.41, 5.74) is 1.76. The smallest absolute Gasteiger partial charge is 0.303 e. The van der Waals surface area contributed by atoms with Gasteiger partial charge in [-0.1, -0.05) is 13.0 Å². The van der Waals surface area contributed by atoms with E-state index >= 15 is 0 Å². The van der Waals surface area contributed by atoms with Crippen molar-refractivity contribution in [3.63, 3.8) is 0 Å². The summed E-state index contributed by atoms with van der Waals surface area (Å²) in [5, 5.41) is 11.4. The number of carboxylic acids is 1. The lowest BCUT2D eigenvalue weighted by atomic mass is 10.0. The highest BCUT2D eigenvalue weighted by Gasteiger charge is 2.13. The zero-order valence-electron chi connectivity index (χ0n) is 10.4. The standard InChI is InChI=1S/C13H16BrNO3/c1-8-3-4-10(14)11(5-8)15-12(16)6-9(2)7-13(17)18/h3-5,9H,6-7H2,1-2H3,(H,15,16)(H,17,18). The molecule has 0 aliphatic rings. The number of carbonyl (C=O) groups is 2. The minimum atomic E-state index is -0.882. The van der Waals surface area contributed by atoms with Crippen molar-refractivity contribution in [1.29, 1.82) is 0 Å². The van der Waals surface area contributed by atoms with Crippen LogP contribution in [0.4, 0.5) is 5.69 Å². The second-order valence-corrected chi connectivity index (χ2v) is 5.29. The highest BCUT2D eigenvalue weighted by Crippen LogP contribution is 2.23. The van der Waals surface area contributed by atoms with E-state index in [9.17, 15) is 9.59 Å². The van der Waals surface area contributed by atoms with Crippen LogP contribution in [0.1, 0.15) is 25.3 Å². The highest BCUT2D eigenvalue weighted by molar-refractivity contribution is 9.10. The second-order valence-electron chi connectivity index (χ2n) is 4.44. The van der Waals surface area contributed by atoms with Crippen molar-refractivity contribution in [3.05, 3.63) is 28.2 Å². The Morgan fingerprint density at radius 2 is 2.06 bits per heavy atom. The first-order valence-electron chi connectivity index (χ1n) is 5.66. The Morgan fingerprint density at radius 1 is 1.39 bits per heavy atom. The molecule has 1 unspecified atom stereocenters. The average Bonchev–Trinajstić information content (AvgIpc) is 2.21. The number of nitrogens with one attached hydrogen (secondary N) is 1. The quantitative estimate of drug-likeness (QED) is 0.877. The topological polar surface area (TPSA) is 66.4 Å². The highest BCUT2D eigenvalue weighted by atomic mass is 79.9. The fourth-order valence-corrected chi connectivity index (χ4v) is 1.97. The minimum absolute atomic E-state index is 0.00239. The first-order valence-corrected chi connectivity index (χ1v) is 6.45. The van der Waals surface area contributed by atoms with Gasteiger partial charge in [0.25, 0.3) is 0 Å². The van der Waals surface area contributed by atoms with Crippen molar-refractivity contribution >= 4 is 33.5 Å². The third-order valence-corrected chi connectivity index (χ3v) is 3.14. The Hall–Kier alpha value is -1.36. The summed E-state index contributed by atoms with van der Waals surface area (Å²) in [5.74, 6) is -1.23. The van der Waals surface area contributed by atoms with Gasteiger partial charge >= 0.3 is 5.97 Å². The van der Waals surface area contributed by atoms with E-state index in [1.54, 1.807) is 6.92 Å². The predicted octanol–water partition coefficient (Wildman–Crippen LogP) is 3.20. The van der Waals surface area contributed by atoms with Gasteiger partial charge in [0.2, 0.25) is 5.91 Å². The number of carbonyl (C=O) groups excluding carboxylic acids is 1. The molecule has 2 N–H and O–H groups in total. The lowest BCUT2D eigenvalue weighted by Crippen LogP contribution is -2.17. The normalized spacial score (nSPS) is 11.9. The van der Waals surface area contributed by atoms with E-state index < -0.39 is 5.97 Å². The number of rotatable bonds is 5. The zero-order valence-corrected chi connectivity index (χ0v) is 12.0. The van der Waals surface area contributed by atoms with Crippen LogP contribution in [0.25, 0.3) is 0 Å². The molecule has 1 atom stereocenters. The molecule has 0 fully saturated rings. The van der Waals surface area contributed by atoms with E-state index in [2.05, 4.69) is 21.2 Å². The van der Waals surface area contributed by atoms with E-state index in [-0.39, 0.29) is 24.7 Å². The van der Waals surface area contributed by atoms with Crippen LogP contribution in [0.3, 0.4) is 0 Å². The Balaban J connectivity index is 2.59. The second kappa shape index (κ2) is 6.54. The lowest BCUT2D eigenvalue weighted by molar-refractivity contribution is -0.138. The molecule has 0 radical (unpaired) electrons. The molecule has 1 aromatic rings. The van der Waals surface area contributed by atoms with Crippen LogP contribution in [-0.4, -0.2) is 17.0 Å². The van der Waals surface area contributed by atoms with Crippen LogP contribution in [0.2, 0.25) is 0 Å². The van der Waals surface area contributed by atoms with Crippen LogP contribution >= 0.6 is 15.9 Å². The molecule has 4 nitrogen and oxygen atoms in total. The molecule has 0 aliphatic heterocycles. The number of carboxylic acid groups (broad SMARTS) is 1. The molecule has 0 spiro atoms. The lowest BCUT2D eigenvalue weighted by Gasteiger charge is -2.11. The SMILES string of the molecule is Cc1ccc(Br)c(NC(=O)CC(C)CC(=O)O)c1. The summed E-state index contributed by atoms with van der Waals surface area (Å²) >= 11 is 3.36. The van der Waals surface area contributed by atoms with Crippen LogP contribution in [-0.2, 0) is 9.59 Å². The van der Waals surface area contributed by atoms with Gasteiger partial charge in [0, 0.05) is 17.3 Å². The minimum Gasteiger partial charge on any atom is -0.481 e. The molecule has 1 rings (SSSR count). The van der Waals surface area contributed by atoms with Crippen molar-refractivity contribution in [1.82, 2.24) is 0 Å². The van der Waals surface area contributed by atoms with Gasteiger partial charge < -0.3 is 10.4 Å². The molecule has 5 heteroatoms. The summed E-state index contributed by atoms with van der Waals surface area (Å²) in [7, 11) is 0. The number of hydrogen-bond donors (Lipinski definition) is 2. The van der Waals surface area contributed by atoms with Crippen molar-refractivity contribution in [2.75, 3.05) is 5.32 Å². The van der Waals surface area contributed by atoms with Gasteiger partial charge in [-0.3, -0.25) is 9.59 Å². The number of aryl methyl sites for hydroxylation is 1. The van der Waals surface area contributed by atoms with Gasteiger partial charge in [-0.15, -0.1) is 0 Å². The van der Waals surface area contributed by atoms with Crippen LogP contribution in [0, 0.1) is 12.8 Å². The van der Waals surface area contributed by atoms with E-state index in [1.165, 1.54) is 0 Å². The van der Waals surface area contributed by atoms with Gasteiger partial charge in [0.1, 0.15) is 0 Å². The van der Waals surface area contributed by atoms with Crippen LogP contribution < -0.4 is 5.32 Å². The summed E-state index contributed by atoms with van der Waals surface area (Å²) in [6.07, 6.45) is 0.203. The molecule has 0 aromatic heterocycles. The maximum Gasteiger partial charge on any atom is 0.303 e. The zero-order chi connectivity index (χ0) is 13.7. The van der Waals surface area contributed by atoms with Crippen LogP contribution in [0.15, 0.2) is 22.7 Å². The molecule has 0 heterocycles. The van der Waals surface area contributed by atoms with Crippen molar-refractivity contribution < 1.29 is 14.7 Å². The average molecular weight is 314 g/mol. The maximum atomic E-state index is 11.7. The maximum absolute atomic E-state index is 11.7. The summed E-state index contributed by atoms with van der Waals surface area (Å²) in [4.78, 5) is 22.3. The van der Waals surface area contributed by atoms with Gasteiger partial charge in [-0.2, -0.15) is 0 Å². The molecule has 1 amide bonds. The van der Waals surface area contributed by atoms with Crippen molar-refractivity contribution in [2.45, 2.75) is 26.7 Å². The van der Waals surface area contributed by atoms with E-state index in [1.807, 2.05) is 25.1 Å². The summed E-state index contributed by atoms with van der Waals surface area (Å²) < 4.78 is 0.812. The molecule has 0 bridgehead atoms. The van der Waals surface area contributed by atoms with E-state index in [0.717, 1.165) is 10.0 Å². The van der Waals surface area contributed by atoms with Crippen molar-refractivity contribution in [3.8, 4) is 0 Å². The van der Waals surface area contributed by atoms with Gasteiger partial charge in [0.15, 0.2) is 0 Å². The molecule has 18 heavy (non-hydrogen) atoms. The number of benzene rings is 1. The third kappa shape index (κ3) is 4.87. The Labute approximate surface area is 115 Å². The van der Waals surface area contributed by atoms with E-state index in [4.69, 9.17) is 5.11 Å². The molecule has 0 saturated carbocycles. The number of aliphatic carboxylic acids is 1.